The predicted molar refractivity (Wildman–Crippen MR) is 70.1 cm³/mol. The molecule has 0 saturated carbocycles. The smallest absolute Gasteiger partial charge is 0.375 e. The first kappa shape index (κ1) is 12.8. The lowest BCUT2D eigenvalue weighted by Gasteiger charge is -2.09. The zero-order chi connectivity index (χ0) is 13.3. The van der Waals surface area contributed by atoms with E-state index in [1.165, 1.54) is 0 Å². The quantitative estimate of drug-likeness (QED) is 0.946. The summed E-state index contributed by atoms with van der Waals surface area (Å²) in [4.78, 5) is 15.0. The number of nitrogens with zero attached hydrogens (tertiary/aromatic N) is 3. The van der Waals surface area contributed by atoms with Gasteiger partial charge in [0.1, 0.15) is 5.82 Å². The van der Waals surface area contributed by atoms with Gasteiger partial charge in [0.15, 0.2) is 0 Å². The van der Waals surface area contributed by atoms with Gasteiger partial charge in [-0.25, -0.2) is 14.5 Å². The minimum absolute atomic E-state index is 0.0812. The number of hydrogen-bond donors (Lipinski definition) is 1. The highest BCUT2D eigenvalue weighted by Gasteiger charge is 2.19. The summed E-state index contributed by atoms with van der Waals surface area (Å²) in [6, 6.07) is 7.49. The maximum absolute atomic E-state index is 11.0. The van der Waals surface area contributed by atoms with E-state index in [1.54, 1.807) is 4.68 Å². The van der Waals surface area contributed by atoms with Gasteiger partial charge in [-0.15, -0.1) is 5.10 Å². The van der Waals surface area contributed by atoms with Crippen molar-refractivity contribution in [3.05, 3.63) is 40.4 Å². The molecule has 0 spiro atoms. The molecule has 1 N–H and O–H groups in total. The molecule has 0 saturated heterocycles. The van der Waals surface area contributed by atoms with Crippen LogP contribution in [0.2, 0.25) is 0 Å². The lowest BCUT2D eigenvalue weighted by Crippen LogP contribution is -2.05. The van der Waals surface area contributed by atoms with E-state index in [-0.39, 0.29) is 11.7 Å². The molecule has 0 aliphatic rings. The molecule has 1 heterocycles. The lowest BCUT2D eigenvalue weighted by molar-refractivity contribution is 0.0683. The number of aromatic nitrogens is 3. The molecule has 18 heavy (non-hydrogen) atoms. The summed E-state index contributed by atoms with van der Waals surface area (Å²) in [5, 5.41) is 13.0. The lowest BCUT2D eigenvalue weighted by atomic mass is 10.2. The van der Waals surface area contributed by atoms with Crippen LogP contribution in [-0.4, -0.2) is 25.8 Å². The van der Waals surface area contributed by atoms with Crippen LogP contribution in [0.15, 0.2) is 28.7 Å². The molecule has 2 rings (SSSR count). The van der Waals surface area contributed by atoms with Crippen molar-refractivity contribution in [1.82, 2.24) is 14.8 Å². The average Bonchev–Trinajstić information content (AvgIpc) is 2.74. The first-order valence-electron chi connectivity index (χ1n) is 5.46. The first-order chi connectivity index (χ1) is 8.50. The number of halogens is 1. The average molecular weight is 310 g/mol. The second-order valence-corrected chi connectivity index (χ2v) is 4.97. The molecular formula is C12H12BrN3O2. The number of para-hydroxylation sites is 1. The van der Waals surface area contributed by atoms with E-state index in [9.17, 15) is 4.79 Å². The third kappa shape index (κ3) is 2.28. The fourth-order valence-corrected chi connectivity index (χ4v) is 2.04. The Morgan fingerprint density at radius 1 is 1.39 bits per heavy atom. The van der Waals surface area contributed by atoms with Gasteiger partial charge < -0.3 is 5.11 Å². The van der Waals surface area contributed by atoms with E-state index < -0.39 is 5.97 Å². The van der Waals surface area contributed by atoms with Crippen molar-refractivity contribution in [3.8, 4) is 5.69 Å². The standard InChI is InChI=1S/C12H12BrN3O2/c1-7(2)11-14-10(12(17)18)15-16(11)9-6-4-3-5-8(9)13/h3-7H,1-2H3,(H,17,18). The van der Waals surface area contributed by atoms with Crippen LogP contribution in [0.5, 0.6) is 0 Å². The van der Waals surface area contributed by atoms with Crippen LogP contribution >= 0.6 is 15.9 Å². The summed E-state index contributed by atoms with van der Waals surface area (Å²) in [5.41, 5.74) is 0.779. The maximum Gasteiger partial charge on any atom is 0.375 e. The monoisotopic (exact) mass is 309 g/mol. The molecule has 0 radical (unpaired) electrons. The molecule has 1 aromatic heterocycles. The predicted octanol–water partition coefficient (Wildman–Crippen LogP) is 2.85. The van der Waals surface area contributed by atoms with E-state index in [2.05, 4.69) is 26.0 Å². The van der Waals surface area contributed by atoms with Gasteiger partial charge in [-0.05, 0) is 28.1 Å². The van der Waals surface area contributed by atoms with Gasteiger partial charge in [0, 0.05) is 10.4 Å². The summed E-state index contributed by atoms with van der Waals surface area (Å²) < 4.78 is 2.41. The summed E-state index contributed by atoms with van der Waals surface area (Å²) in [7, 11) is 0. The Morgan fingerprint density at radius 3 is 2.61 bits per heavy atom. The largest absolute Gasteiger partial charge is 0.475 e. The van der Waals surface area contributed by atoms with Crippen molar-refractivity contribution in [2.45, 2.75) is 19.8 Å². The molecule has 0 unspecified atom stereocenters. The van der Waals surface area contributed by atoms with Crippen LogP contribution in [0.25, 0.3) is 5.69 Å². The Balaban J connectivity index is 2.63. The van der Waals surface area contributed by atoms with Gasteiger partial charge in [0.2, 0.25) is 0 Å². The van der Waals surface area contributed by atoms with Crippen molar-refractivity contribution < 1.29 is 9.90 Å². The Labute approximate surface area is 113 Å². The van der Waals surface area contributed by atoms with Crippen molar-refractivity contribution in [3.63, 3.8) is 0 Å². The molecule has 2 aromatic rings. The minimum Gasteiger partial charge on any atom is -0.475 e. The van der Waals surface area contributed by atoms with Gasteiger partial charge in [-0.2, -0.15) is 0 Å². The topological polar surface area (TPSA) is 68.0 Å². The summed E-state index contributed by atoms with van der Waals surface area (Å²) in [6.07, 6.45) is 0. The Hall–Kier alpha value is -1.69. The number of carboxylic acids is 1. The third-order valence-corrected chi connectivity index (χ3v) is 3.09. The molecule has 0 fully saturated rings. The van der Waals surface area contributed by atoms with E-state index in [0.717, 1.165) is 10.2 Å². The minimum atomic E-state index is -1.12. The maximum atomic E-state index is 11.0. The molecule has 0 aliphatic heterocycles. The number of rotatable bonds is 3. The fourth-order valence-electron chi connectivity index (χ4n) is 1.59. The molecule has 0 amide bonds. The second-order valence-electron chi connectivity index (χ2n) is 4.12. The van der Waals surface area contributed by atoms with Crippen LogP contribution in [-0.2, 0) is 0 Å². The highest BCUT2D eigenvalue weighted by Crippen LogP contribution is 2.23. The van der Waals surface area contributed by atoms with Crippen molar-refractivity contribution >= 4 is 21.9 Å². The fraction of sp³-hybridized carbons (Fsp3) is 0.250. The van der Waals surface area contributed by atoms with E-state index >= 15 is 0 Å². The number of carboxylic acid groups (broad SMARTS) is 1. The van der Waals surface area contributed by atoms with Gasteiger partial charge in [-0.1, -0.05) is 26.0 Å². The summed E-state index contributed by atoms with van der Waals surface area (Å²) in [5.74, 6) is -0.603. The molecule has 6 heteroatoms. The number of aromatic carboxylic acids is 1. The van der Waals surface area contributed by atoms with Gasteiger partial charge in [0.25, 0.3) is 5.82 Å². The van der Waals surface area contributed by atoms with Gasteiger partial charge in [0.05, 0.1) is 5.69 Å². The van der Waals surface area contributed by atoms with Gasteiger partial charge in [-0.3, -0.25) is 0 Å². The highest BCUT2D eigenvalue weighted by molar-refractivity contribution is 9.10. The molecule has 0 atom stereocenters. The molecule has 1 aromatic carbocycles. The van der Waals surface area contributed by atoms with Crippen molar-refractivity contribution in [1.29, 1.82) is 0 Å². The van der Waals surface area contributed by atoms with Crippen molar-refractivity contribution in [2.24, 2.45) is 0 Å². The van der Waals surface area contributed by atoms with Crippen LogP contribution in [0, 0.1) is 0 Å². The molecule has 0 bridgehead atoms. The Kier molecular flexibility index (Phi) is 3.47. The van der Waals surface area contributed by atoms with E-state index in [0.29, 0.717) is 5.82 Å². The van der Waals surface area contributed by atoms with Crippen molar-refractivity contribution in [2.75, 3.05) is 0 Å². The number of benzene rings is 1. The van der Waals surface area contributed by atoms with Crippen LogP contribution in [0.3, 0.4) is 0 Å². The van der Waals surface area contributed by atoms with E-state index in [4.69, 9.17) is 5.11 Å². The number of carbonyl (C=O) groups is 1. The first-order valence-corrected chi connectivity index (χ1v) is 6.25. The second kappa shape index (κ2) is 4.89. The van der Waals surface area contributed by atoms with Crippen LogP contribution in [0.4, 0.5) is 0 Å². The SMILES string of the molecule is CC(C)c1nc(C(=O)O)nn1-c1ccccc1Br. The molecule has 0 aliphatic carbocycles. The third-order valence-electron chi connectivity index (χ3n) is 2.42. The molecular weight excluding hydrogens is 298 g/mol. The highest BCUT2D eigenvalue weighted by atomic mass is 79.9. The van der Waals surface area contributed by atoms with E-state index in [1.807, 2.05) is 38.1 Å². The van der Waals surface area contributed by atoms with Crippen LogP contribution < -0.4 is 0 Å². The number of hydrogen-bond acceptors (Lipinski definition) is 3. The summed E-state index contributed by atoms with van der Waals surface area (Å²) >= 11 is 3.43. The molecule has 5 nitrogen and oxygen atoms in total. The van der Waals surface area contributed by atoms with Gasteiger partial charge >= 0.3 is 5.97 Å². The Morgan fingerprint density at radius 2 is 2.06 bits per heavy atom. The Bertz CT molecular complexity index is 593. The van der Waals surface area contributed by atoms with Crippen LogP contribution in [0.1, 0.15) is 36.2 Å². The zero-order valence-corrected chi connectivity index (χ0v) is 11.5. The summed E-state index contributed by atoms with van der Waals surface area (Å²) in [6.45, 7) is 3.89. The molecule has 94 valence electrons. The normalized spacial score (nSPS) is 10.9. The zero-order valence-electron chi connectivity index (χ0n) is 9.96.